The van der Waals surface area contributed by atoms with E-state index in [2.05, 4.69) is 32.6 Å². The lowest BCUT2D eigenvalue weighted by Crippen LogP contribution is -2.59. The summed E-state index contributed by atoms with van der Waals surface area (Å²) in [6.45, 7) is 13.0. The number of nitrogens with two attached hydrogens (primary N) is 1. The van der Waals surface area contributed by atoms with Crippen molar-refractivity contribution in [2.75, 3.05) is 19.6 Å². The number of hydrogen-bond donors (Lipinski definition) is 1. The van der Waals surface area contributed by atoms with Crippen LogP contribution in [-0.2, 0) is 0 Å². The highest BCUT2D eigenvalue weighted by Gasteiger charge is 2.42. The normalized spacial score (nSPS) is 40.2. The van der Waals surface area contributed by atoms with Crippen LogP contribution in [0.25, 0.3) is 0 Å². The molecule has 2 nitrogen and oxygen atoms in total. The first kappa shape index (κ1) is 16.3. The van der Waals surface area contributed by atoms with Gasteiger partial charge in [0.2, 0.25) is 0 Å². The first-order valence-corrected chi connectivity index (χ1v) is 8.92. The molecule has 2 N–H and O–H groups in total. The zero-order valence-electron chi connectivity index (χ0n) is 14.2. The average Bonchev–Trinajstić information content (AvgIpc) is 2.41. The van der Waals surface area contributed by atoms with Crippen LogP contribution in [0.1, 0.15) is 66.2 Å². The fourth-order valence-electron chi connectivity index (χ4n) is 4.62. The van der Waals surface area contributed by atoms with Crippen molar-refractivity contribution in [3.63, 3.8) is 0 Å². The van der Waals surface area contributed by atoms with Gasteiger partial charge in [-0.3, -0.25) is 4.90 Å². The van der Waals surface area contributed by atoms with Crippen LogP contribution in [0.2, 0.25) is 0 Å². The van der Waals surface area contributed by atoms with Crippen LogP contribution in [0.3, 0.4) is 0 Å². The summed E-state index contributed by atoms with van der Waals surface area (Å²) in [5.74, 6) is 3.45. The smallest absolute Gasteiger partial charge is 0.0334 e. The van der Waals surface area contributed by atoms with Gasteiger partial charge in [-0.05, 0) is 55.9 Å². The molecule has 0 radical (unpaired) electrons. The van der Waals surface area contributed by atoms with Crippen molar-refractivity contribution in [2.45, 2.75) is 71.8 Å². The van der Waals surface area contributed by atoms with Gasteiger partial charge in [-0.1, -0.05) is 40.5 Å². The van der Waals surface area contributed by atoms with E-state index in [1.54, 1.807) is 0 Å². The summed E-state index contributed by atoms with van der Waals surface area (Å²) in [6, 6.07) is 0. The highest BCUT2D eigenvalue weighted by Crippen LogP contribution is 2.41. The fraction of sp³-hybridized carbons (Fsp3) is 1.00. The molecular weight excluding hydrogens is 244 g/mol. The molecule has 0 amide bonds. The summed E-state index contributed by atoms with van der Waals surface area (Å²) in [5, 5.41) is 0. The van der Waals surface area contributed by atoms with Crippen LogP contribution in [0.5, 0.6) is 0 Å². The van der Waals surface area contributed by atoms with E-state index in [1.165, 1.54) is 51.6 Å². The van der Waals surface area contributed by atoms with Crippen molar-refractivity contribution < 1.29 is 0 Å². The maximum atomic E-state index is 6.30. The molecular formula is C18H36N2. The number of likely N-dealkylation sites (tertiary alicyclic amines) is 1. The Hall–Kier alpha value is -0.0800. The average molecular weight is 281 g/mol. The molecule has 20 heavy (non-hydrogen) atoms. The molecule has 4 atom stereocenters. The maximum Gasteiger partial charge on any atom is 0.0334 e. The van der Waals surface area contributed by atoms with E-state index >= 15 is 0 Å². The van der Waals surface area contributed by atoms with Crippen LogP contribution in [0, 0.1) is 23.7 Å². The van der Waals surface area contributed by atoms with Gasteiger partial charge in [0.1, 0.15) is 0 Å². The Morgan fingerprint density at radius 3 is 2.55 bits per heavy atom. The molecule has 2 rings (SSSR count). The molecule has 2 aliphatic rings. The predicted molar refractivity (Wildman–Crippen MR) is 87.7 cm³/mol. The minimum atomic E-state index is 0.326. The molecule has 1 aliphatic carbocycles. The van der Waals surface area contributed by atoms with E-state index in [4.69, 9.17) is 5.73 Å². The van der Waals surface area contributed by atoms with Crippen LogP contribution in [0.15, 0.2) is 0 Å². The zero-order chi connectivity index (χ0) is 14.8. The Morgan fingerprint density at radius 2 is 1.95 bits per heavy atom. The molecule has 2 fully saturated rings. The van der Waals surface area contributed by atoms with Crippen molar-refractivity contribution in [1.82, 2.24) is 4.90 Å². The molecule has 1 heterocycles. The van der Waals surface area contributed by atoms with Crippen molar-refractivity contribution in [3.8, 4) is 0 Å². The van der Waals surface area contributed by atoms with Gasteiger partial charge in [-0.25, -0.2) is 0 Å². The second kappa shape index (κ2) is 6.79. The Bertz CT molecular complexity index is 302. The summed E-state index contributed by atoms with van der Waals surface area (Å²) in [4.78, 5) is 2.78. The Balaban J connectivity index is 2.04. The summed E-state index contributed by atoms with van der Waals surface area (Å²) >= 11 is 0. The van der Waals surface area contributed by atoms with Gasteiger partial charge in [-0.15, -0.1) is 0 Å². The molecule has 0 aromatic carbocycles. The second-order valence-electron chi connectivity index (χ2n) is 8.21. The third-order valence-electron chi connectivity index (χ3n) is 6.11. The molecule has 2 heteroatoms. The Morgan fingerprint density at radius 1 is 1.20 bits per heavy atom. The van der Waals surface area contributed by atoms with E-state index in [1.807, 2.05) is 0 Å². The number of hydrogen-bond acceptors (Lipinski definition) is 2. The highest BCUT2D eigenvalue weighted by molar-refractivity contribution is 4.98. The van der Waals surface area contributed by atoms with Crippen molar-refractivity contribution in [3.05, 3.63) is 0 Å². The number of nitrogens with zero attached hydrogens (tertiary/aromatic N) is 1. The highest BCUT2D eigenvalue weighted by atomic mass is 15.2. The lowest BCUT2D eigenvalue weighted by atomic mass is 9.71. The molecule has 0 aromatic rings. The van der Waals surface area contributed by atoms with Gasteiger partial charge in [-0.2, -0.15) is 0 Å². The van der Waals surface area contributed by atoms with Crippen molar-refractivity contribution in [2.24, 2.45) is 29.4 Å². The molecule has 0 spiro atoms. The van der Waals surface area contributed by atoms with E-state index in [-0.39, 0.29) is 0 Å². The van der Waals surface area contributed by atoms with Gasteiger partial charge in [0, 0.05) is 18.6 Å². The Kier molecular flexibility index (Phi) is 5.53. The van der Waals surface area contributed by atoms with E-state index in [0.29, 0.717) is 5.54 Å². The molecule has 1 saturated heterocycles. The van der Waals surface area contributed by atoms with Gasteiger partial charge in [0.05, 0.1) is 0 Å². The van der Waals surface area contributed by atoms with E-state index in [9.17, 15) is 0 Å². The lowest BCUT2D eigenvalue weighted by Gasteiger charge is -2.52. The van der Waals surface area contributed by atoms with Gasteiger partial charge < -0.3 is 5.73 Å². The summed E-state index contributed by atoms with van der Waals surface area (Å²) in [5.41, 5.74) is 6.63. The van der Waals surface area contributed by atoms with Gasteiger partial charge >= 0.3 is 0 Å². The molecule has 1 aliphatic heterocycles. The maximum absolute atomic E-state index is 6.30. The molecule has 1 saturated carbocycles. The standard InChI is InChI=1S/C18H36N2/c1-14(2)10-17-6-5-8-18(11-17,13-19)20-9-7-15(3)16(4)12-20/h14-17H,5-13,19H2,1-4H3. The Labute approximate surface area is 126 Å². The minimum Gasteiger partial charge on any atom is -0.329 e. The fourth-order valence-corrected chi connectivity index (χ4v) is 4.62. The number of piperidine rings is 1. The third kappa shape index (κ3) is 3.57. The third-order valence-corrected chi connectivity index (χ3v) is 6.11. The molecule has 118 valence electrons. The molecule has 4 unspecified atom stereocenters. The first-order valence-electron chi connectivity index (χ1n) is 8.92. The van der Waals surface area contributed by atoms with Crippen LogP contribution in [-0.4, -0.2) is 30.1 Å². The lowest BCUT2D eigenvalue weighted by molar-refractivity contribution is -0.00946. The van der Waals surface area contributed by atoms with E-state index in [0.717, 1.165) is 30.2 Å². The summed E-state index contributed by atoms with van der Waals surface area (Å²) in [7, 11) is 0. The van der Waals surface area contributed by atoms with Crippen LogP contribution >= 0.6 is 0 Å². The molecule has 0 aromatic heterocycles. The minimum absolute atomic E-state index is 0.326. The quantitative estimate of drug-likeness (QED) is 0.846. The summed E-state index contributed by atoms with van der Waals surface area (Å²) < 4.78 is 0. The molecule has 0 bridgehead atoms. The largest absolute Gasteiger partial charge is 0.329 e. The van der Waals surface area contributed by atoms with Crippen LogP contribution in [0.4, 0.5) is 0 Å². The van der Waals surface area contributed by atoms with Gasteiger partial charge in [0.25, 0.3) is 0 Å². The monoisotopic (exact) mass is 280 g/mol. The van der Waals surface area contributed by atoms with Crippen LogP contribution < -0.4 is 5.73 Å². The summed E-state index contributed by atoms with van der Waals surface area (Å²) in [6.07, 6.45) is 8.25. The number of rotatable bonds is 4. The second-order valence-corrected chi connectivity index (χ2v) is 8.21. The van der Waals surface area contributed by atoms with Crippen molar-refractivity contribution in [1.29, 1.82) is 0 Å². The first-order chi connectivity index (χ1) is 9.47. The van der Waals surface area contributed by atoms with Crippen molar-refractivity contribution >= 4 is 0 Å². The SMILES string of the molecule is CC(C)CC1CCCC(CN)(N2CCC(C)C(C)C2)C1. The zero-order valence-corrected chi connectivity index (χ0v) is 14.2. The predicted octanol–water partition coefficient (Wildman–Crippen LogP) is 3.90. The van der Waals surface area contributed by atoms with Gasteiger partial charge in [0.15, 0.2) is 0 Å². The topological polar surface area (TPSA) is 29.3 Å². The van der Waals surface area contributed by atoms with E-state index < -0.39 is 0 Å².